The van der Waals surface area contributed by atoms with E-state index in [-0.39, 0.29) is 30.6 Å². The van der Waals surface area contributed by atoms with E-state index in [9.17, 15) is 14.9 Å². The molecule has 1 aliphatic rings. The second kappa shape index (κ2) is 8.97. The average Bonchev–Trinajstić information content (AvgIpc) is 3.52. The number of anilines is 1. The monoisotopic (exact) mass is 438 g/mol. The highest BCUT2D eigenvalue weighted by molar-refractivity contribution is 5.80. The third-order valence-electron chi connectivity index (χ3n) is 5.11. The minimum atomic E-state index is -0.519. The number of carbonyl (C=O) groups is 2. The van der Waals surface area contributed by atoms with Gasteiger partial charge >= 0.3 is 5.97 Å². The molecule has 166 valence electrons. The van der Waals surface area contributed by atoms with Gasteiger partial charge in [0.15, 0.2) is 12.4 Å². The molecule has 1 amide bonds. The quantitative estimate of drug-likeness (QED) is 0.526. The van der Waals surface area contributed by atoms with Crippen LogP contribution in [0.3, 0.4) is 0 Å². The molecule has 3 aromatic heterocycles. The van der Waals surface area contributed by atoms with Crippen LogP contribution in [-0.4, -0.2) is 64.3 Å². The summed E-state index contributed by atoms with van der Waals surface area (Å²) >= 11 is 0. The van der Waals surface area contributed by atoms with Crippen molar-refractivity contribution in [2.24, 2.45) is 0 Å². The molecule has 11 nitrogen and oxygen atoms in total. The zero-order valence-electron chi connectivity index (χ0n) is 17.8. The third-order valence-corrected chi connectivity index (χ3v) is 5.11. The Morgan fingerprint density at radius 3 is 2.66 bits per heavy atom. The van der Waals surface area contributed by atoms with E-state index in [1.807, 2.05) is 30.9 Å². The highest BCUT2D eigenvalue weighted by atomic mass is 16.5. The van der Waals surface area contributed by atoms with Crippen LogP contribution in [0.15, 0.2) is 33.3 Å². The zero-order valence-corrected chi connectivity index (χ0v) is 17.8. The Labute approximate surface area is 183 Å². The smallest absolute Gasteiger partial charge is 0.328 e. The minimum absolute atomic E-state index is 0.0405. The Morgan fingerprint density at radius 2 is 2.03 bits per heavy atom. The number of rotatable bonds is 6. The third kappa shape index (κ3) is 4.49. The highest BCUT2D eigenvalue weighted by Gasteiger charge is 2.27. The first kappa shape index (κ1) is 21.2. The van der Waals surface area contributed by atoms with Crippen molar-refractivity contribution >= 4 is 17.8 Å². The number of ether oxygens (including phenoxy) is 1. The maximum absolute atomic E-state index is 12.5. The van der Waals surface area contributed by atoms with Crippen molar-refractivity contribution in [3.8, 4) is 17.7 Å². The summed E-state index contributed by atoms with van der Waals surface area (Å²) < 4.78 is 17.7. The number of esters is 1. The summed E-state index contributed by atoms with van der Waals surface area (Å²) in [4.78, 5) is 32.2. The van der Waals surface area contributed by atoms with Gasteiger partial charge in [-0.2, -0.15) is 15.3 Å². The molecule has 0 unspecified atom stereocenters. The van der Waals surface area contributed by atoms with Crippen molar-refractivity contribution in [3.63, 3.8) is 0 Å². The molecular formula is C21H22N6O5. The maximum Gasteiger partial charge on any atom is 0.328 e. The van der Waals surface area contributed by atoms with E-state index in [1.165, 1.54) is 6.26 Å². The fourth-order valence-corrected chi connectivity index (χ4v) is 3.50. The van der Waals surface area contributed by atoms with Crippen LogP contribution in [0.5, 0.6) is 0 Å². The number of furan rings is 1. The second-order valence-corrected chi connectivity index (χ2v) is 7.38. The first-order chi connectivity index (χ1) is 15.4. The maximum atomic E-state index is 12.5. The van der Waals surface area contributed by atoms with Crippen molar-refractivity contribution in [1.29, 1.82) is 5.26 Å². The van der Waals surface area contributed by atoms with Crippen LogP contribution in [0.2, 0.25) is 0 Å². The molecule has 0 aliphatic carbocycles. The summed E-state index contributed by atoms with van der Waals surface area (Å²) in [5, 5.41) is 13.6. The lowest BCUT2D eigenvalue weighted by atomic mass is 10.3. The number of amides is 1. The number of nitrogens with zero attached hydrogens (tertiary/aromatic N) is 6. The number of nitriles is 1. The first-order valence-corrected chi connectivity index (χ1v) is 10.1. The summed E-state index contributed by atoms with van der Waals surface area (Å²) in [7, 11) is 0. The van der Waals surface area contributed by atoms with Crippen molar-refractivity contribution < 1.29 is 23.2 Å². The highest BCUT2D eigenvalue weighted by Crippen LogP contribution is 2.29. The fourth-order valence-electron chi connectivity index (χ4n) is 3.50. The molecule has 1 aliphatic heterocycles. The number of hydrogen-bond donors (Lipinski definition) is 0. The Bertz CT molecular complexity index is 1150. The Balaban J connectivity index is 1.29. The van der Waals surface area contributed by atoms with Gasteiger partial charge < -0.3 is 23.4 Å². The van der Waals surface area contributed by atoms with Crippen LogP contribution < -0.4 is 4.90 Å². The molecule has 4 rings (SSSR count). The molecule has 0 N–H and O–H groups in total. The number of aromatic nitrogens is 3. The summed E-state index contributed by atoms with van der Waals surface area (Å²) in [6.45, 7) is 5.02. The first-order valence-electron chi connectivity index (χ1n) is 10.1. The molecule has 3 aromatic rings. The predicted molar refractivity (Wildman–Crippen MR) is 110 cm³/mol. The van der Waals surface area contributed by atoms with E-state index in [1.54, 1.807) is 21.7 Å². The summed E-state index contributed by atoms with van der Waals surface area (Å²) in [6.07, 6.45) is 1.50. The lowest BCUT2D eigenvalue weighted by Crippen LogP contribution is -2.50. The molecule has 0 saturated carbocycles. The van der Waals surface area contributed by atoms with Crippen LogP contribution in [0.25, 0.3) is 11.7 Å². The van der Waals surface area contributed by atoms with E-state index in [2.05, 4.69) is 10.1 Å². The number of aryl methyl sites for hydroxylation is 2. The molecule has 11 heteroatoms. The summed E-state index contributed by atoms with van der Waals surface area (Å²) in [6, 6.07) is 7.30. The largest absolute Gasteiger partial charge is 0.459 e. The lowest BCUT2D eigenvalue weighted by molar-refractivity contribution is -0.152. The van der Waals surface area contributed by atoms with E-state index in [0.29, 0.717) is 37.8 Å². The van der Waals surface area contributed by atoms with Crippen molar-refractivity contribution in [2.45, 2.75) is 20.4 Å². The van der Waals surface area contributed by atoms with Gasteiger partial charge in [0, 0.05) is 31.9 Å². The van der Waals surface area contributed by atoms with Crippen molar-refractivity contribution in [2.75, 3.05) is 37.7 Å². The molecule has 0 bridgehead atoms. The lowest BCUT2D eigenvalue weighted by Gasteiger charge is -2.34. The molecule has 1 fully saturated rings. The SMILES string of the molecule is Cc1cc(C)n(CC(=O)OCC(=O)N2CCN(c3oc(-c4ccco4)nc3C#N)CC2)n1. The van der Waals surface area contributed by atoms with Crippen LogP contribution >= 0.6 is 0 Å². The molecular weight excluding hydrogens is 416 g/mol. The predicted octanol–water partition coefficient (Wildman–Crippen LogP) is 1.51. The molecule has 1 saturated heterocycles. The number of hydrogen-bond acceptors (Lipinski definition) is 9. The van der Waals surface area contributed by atoms with Crippen LogP contribution in [0.1, 0.15) is 17.1 Å². The Kier molecular flexibility index (Phi) is 5.93. The van der Waals surface area contributed by atoms with Crippen molar-refractivity contribution in [1.82, 2.24) is 19.7 Å². The van der Waals surface area contributed by atoms with E-state index in [0.717, 1.165) is 11.4 Å². The van der Waals surface area contributed by atoms with Gasteiger partial charge in [-0.25, -0.2) is 0 Å². The van der Waals surface area contributed by atoms with Crippen molar-refractivity contribution in [3.05, 3.63) is 41.5 Å². The average molecular weight is 438 g/mol. The van der Waals surface area contributed by atoms with E-state index >= 15 is 0 Å². The van der Waals surface area contributed by atoms with Gasteiger partial charge in [0.2, 0.25) is 11.6 Å². The van der Waals surface area contributed by atoms with E-state index < -0.39 is 5.97 Å². The topological polar surface area (TPSA) is 131 Å². The molecule has 0 spiro atoms. The molecule has 0 atom stereocenters. The molecule has 0 aromatic carbocycles. The Morgan fingerprint density at radius 1 is 1.25 bits per heavy atom. The van der Waals surface area contributed by atoms with E-state index in [4.69, 9.17) is 13.6 Å². The molecule has 4 heterocycles. The standard InChI is InChI=1S/C21H22N6O5/c1-14-10-15(2)27(24-14)12-19(29)31-13-18(28)25-5-7-26(8-6-25)21-16(11-22)23-20(32-21)17-4-3-9-30-17/h3-4,9-10H,5-8,12-13H2,1-2H3. The summed E-state index contributed by atoms with van der Waals surface area (Å²) in [5.74, 6) is 0.218. The minimum Gasteiger partial charge on any atom is -0.459 e. The number of piperazine rings is 1. The molecule has 32 heavy (non-hydrogen) atoms. The van der Waals surface area contributed by atoms with Gasteiger partial charge in [-0.3, -0.25) is 14.3 Å². The zero-order chi connectivity index (χ0) is 22.7. The van der Waals surface area contributed by atoms with Gasteiger partial charge in [0.1, 0.15) is 12.6 Å². The fraction of sp³-hybridized carbons (Fsp3) is 0.381. The van der Waals surface area contributed by atoms with Crippen LogP contribution in [0.4, 0.5) is 5.88 Å². The van der Waals surface area contributed by atoms with Crippen LogP contribution in [-0.2, 0) is 20.9 Å². The number of carbonyl (C=O) groups excluding carboxylic acids is 2. The Hall–Kier alpha value is -4.07. The number of oxazole rings is 1. The summed E-state index contributed by atoms with van der Waals surface area (Å²) in [5.41, 5.74) is 1.82. The van der Waals surface area contributed by atoms with Gasteiger partial charge in [0.25, 0.3) is 11.8 Å². The van der Waals surface area contributed by atoms with Gasteiger partial charge in [-0.1, -0.05) is 0 Å². The molecule has 0 radical (unpaired) electrons. The van der Waals surface area contributed by atoms with Gasteiger partial charge in [0.05, 0.1) is 12.0 Å². The normalized spacial score (nSPS) is 13.8. The van der Waals surface area contributed by atoms with Gasteiger partial charge in [-0.05, 0) is 32.0 Å². The van der Waals surface area contributed by atoms with Gasteiger partial charge in [-0.15, -0.1) is 0 Å². The van der Waals surface area contributed by atoms with Crippen LogP contribution in [0, 0.1) is 25.2 Å². The second-order valence-electron chi connectivity index (χ2n) is 7.38.